The van der Waals surface area contributed by atoms with Crippen LogP contribution in [0.4, 0.5) is 0 Å². The summed E-state index contributed by atoms with van der Waals surface area (Å²) in [7, 11) is 1.63. The molecule has 0 aliphatic heterocycles. The average Bonchev–Trinajstić information content (AvgIpc) is 2.38. The largest absolute Gasteiger partial charge is 0.495 e. The maximum atomic E-state index is 5.96. The molecule has 2 rings (SSSR count). The molecule has 1 aromatic carbocycles. The monoisotopic (exact) mass is 233 g/mol. The standard InChI is InChI=1S/C13H12ClNO/c1-16-13-9-15-8-12(11(13)7-14)10-5-3-2-4-6-10/h2-6,8-9H,7H2,1H3. The molecule has 0 unspecified atom stereocenters. The van der Waals surface area contributed by atoms with Crippen molar-refractivity contribution in [3.05, 3.63) is 48.3 Å². The second kappa shape index (κ2) is 4.99. The van der Waals surface area contributed by atoms with E-state index < -0.39 is 0 Å². The van der Waals surface area contributed by atoms with Gasteiger partial charge in [-0.25, -0.2) is 0 Å². The number of hydrogen-bond donors (Lipinski definition) is 0. The van der Waals surface area contributed by atoms with E-state index in [2.05, 4.69) is 4.98 Å². The van der Waals surface area contributed by atoms with Crippen molar-refractivity contribution >= 4 is 11.6 Å². The van der Waals surface area contributed by atoms with E-state index in [0.29, 0.717) is 5.88 Å². The van der Waals surface area contributed by atoms with E-state index in [0.717, 1.165) is 22.4 Å². The van der Waals surface area contributed by atoms with Crippen LogP contribution in [-0.2, 0) is 5.88 Å². The zero-order valence-corrected chi connectivity index (χ0v) is 9.74. The Bertz CT molecular complexity index is 471. The third-order valence-electron chi connectivity index (χ3n) is 2.46. The van der Waals surface area contributed by atoms with Crippen molar-refractivity contribution < 1.29 is 4.74 Å². The summed E-state index contributed by atoms with van der Waals surface area (Å²) in [5.74, 6) is 1.15. The molecule has 0 saturated carbocycles. The van der Waals surface area contributed by atoms with E-state index >= 15 is 0 Å². The van der Waals surface area contributed by atoms with Gasteiger partial charge < -0.3 is 4.74 Å². The van der Waals surface area contributed by atoms with Crippen molar-refractivity contribution in [2.24, 2.45) is 0 Å². The number of halogens is 1. The van der Waals surface area contributed by atoms with Crippen LogP contribution in [0, 0.1) is 0 Å². The molecule has 0 spiro atoms. The van der Waals surface area contributed by atoms with Crippen LogP contribution in [0.2, 0.25) is 0 Å². The molecule has 0 saturated heterocycles. The van der Waals surface area contributed by atoms with Gasteiger partial charge in [0, 0.05) is 17.3 Å². The summed E-state index contributed by atoms with van der Waals surface area (Å²) in [6.07, 6.45) is 3.50. The molecule has 0 N–H and O–H groups in total. The van der Waals surface area contributed by atoms with Gasteiger partial charge in [0.2, 0.25) is 0 Å². The summed E-state index contributed by atoms with van der Waals surface area (Å²) in [4.78, 5) is 4.16. The van der Waals surface area contributed by atoms with Gasteiger partial charge in [-0.2, -0.15) is 0 Å². The smallest absolute Gasteiger partial charge is 0.142 e. The number of benzene rings is 1. The quantitative estimate of drug-likeness (QED) is 0.757. The van der Waals surface area contributed by atoms with E-state index in [1.165, 1.54) is 0 Å². The van der Waals surface area contributed by atoms with E-state index in [4.69, 9.17) is 16.3 Å². The fourth-order valence-electron chi connectivity index (χ4n) is 1.65. The zero-order valence-electron chi connectivity index (χ0n) is 8.98. The normalized spacial score (nSPS) is 10.1. The van der Waals surface area contributed by atoms with Crippen LogP contribution in [0.25, 0.3) is 11.1 Å². The minimum Gasteiger partial charge on any atom is -0.495 e. The van der Waals surface area contributed by atoms with Gasteiger partial charge in [-0.05, 0) is 5.56 Å². The van der Waals surface area contributed by atoms with E-state index in [9.17, 15) is 0 Å². The van der Waals surface area contributed by atoms with Crippen LogP contribution in [0.15, 0.2) is 42.7 Å². The van der Waals surface area contributed by atoms with Crippen molar-refractivity contribution in [2.75, 3.05) is 7.11 Å². The number of methoxy groups -OCH3 is 1. The SMILES string of the molecule is COc1cncc(-c2ccccc2)c1CCl. The van der Waals surface area contributed by atoms with Crippen LogP contribution >= 0.6 is 11.6 Å². The Kier molecular flexibility index (Phi) is 3.42. The number of pyridine rings is 1. The molecule has 0 atom stereocenters. The zero-order chi connectivity index (χ0) is 11.4. The van der Waals surface area contributed by atoms with Gasteiger partial charge in [-0.3, -0.25) is 4.98 Å². The number of aromatic nitrogens is 1. The van der Waals surface area contributed by atoms with E-state index in [1.807, 2.05) is 36.5 Å². The number of ether oxygens (including phenoxy) is 1. The molecule has 0 aliphatic carbocycles. The van der Waals surface area contributed by atoms with Gasteiger partial charge in [-0.1, -0.05) is 30.3 Å². The summed E-state index contributed by atoms with van der Waals surface area (Å²) in [6.45, 7) is 0. The molecule has 0 radical (unpaired) electrons. The van der Waals surface area contributed by atoms with Crippen LogP contribution in [0.5, 0.6) is 5.75 Å². The lowest BCUT2D eigenvalue weighted by atomic mass is 10.0. The number of nitrogens with zero attached hydrogens (tertiary/aromatic N) is 1. The first-order chi connectivity index (χ1) is 7.86. The second-order valence-corrected chi connectivity index (χ2v) is 3.63. The van der Waals surface area contributed by atoms with E-state index in [-0.39, 0.29) is 0 Å². The van der Waals surface area contributed by atoms with Gasteiger partial charge in [0.05, 0.1) is 19.2 Å². The highest BCUT2D eigenvalue weighted by atomic mass is 35.5. The molecule has 82 valence electrons. The molecule has 2 nitrogen and oxygen atoms in total. The van der Waals surface area contributed by atoms with Gasteiger partial charge in [-0.15, -0.1) is 11.6 Å². The lowest BCUT2D eigenvalue weighted by molar-refractivity contribution is 0.409. The summed E-state index contributed by atoms with van der Waals surface area (Å²) >= 11 is 5.96. The molecule has 1 aromatic heterocycles. The summed E-state index contributed by atoms with van der Waals surface area (Å²) in [5.41, 5.74) is 3.10. The summed E-state index contributed by atoms with van der Waals surface area (Å²) in [6, 6.07) is 10.0. The fourth-order valence-corrected chi connectivity index (χ4v) is 1.92. The molecule has 3 heteroatoms. The van der Waals surface area contributed by atoms with Gasteiger partial charge >= 0.3 is 0 Å². The Morgan fingerprint density at radius 2 is 1.94 bits per heavy atom. The third kappa shape index (κ3) is 2.02. The van der Waals surface area contributed by atoms with Crippen molar-refractivity contribution in [3.63, 3.8) is 0 Å². The highest BCUT2D eigenvalue weighted by Crippen LogP contribution is 2.30. The Morgan fingerprint density at radius 3 is 2.56 bits per heavy atom. The van der Waals surface area contributed by atoms with Gasteiger partial charge in [0.15, 0.2) is 0 Å². The van der Waals surface area contributed by atoms with Crippen LogP contribution in [0.3, 0.4) is 0 Å². The summed E-state index contributed by atoms with van der Waals surface area (Å²) in [5, 5.41) is 0. The molecule has 0 fully saturated rings. The molecule has 0 amide bonds. The Hall–Kier alpha value is -1.54. The van der Waals surface area contributed by atoms with Crippen LogP contribution < -0.4 is 4.74 Å². The highest BCUT2D eigenvalue weighted by Gasteiger charge is 2.09. The molecular formula is C13H12ClNO. The number of alkyl halides is 1. The van der Waals surface area contributed by atoms with Crippen molar-refractivity contribution in [3.8, 4) is 16.9 Å². The first kappa shape index (κ1) is 11.0. The lowest BCUT2D eigenvalue weighted by Crippen LogP contribution is -1.94. The Balaban J connectivity index is 2.57. The maximum absolute atomic E-state index is 5.96. The average molecular weight is 234 g/mol. The minimum absolute atomic E-state index is 0.413. The van der Waals surface area contributed by atoms with E-state index in [1.54, 1.807) is 13.3 Å². The van der Waals surface area contributed by atoms with Crippen LogP contribution in [0.1, 0.15) is 5.56 Å². The van der Waals surface area contributed by atoms with Gasteiger partial charge in [0.1, 0.15) is 5.75 Å². The predicted octanol–water partition coefficient (Wildman–Crippen LogP) is 3.50. The maximum Gasteiger partial charge on any atom is 0.142 e. The Labute approximate surface area is 99.9 Å². The molecule has 0 aliphatic rings. The second-order valence-electron chi connectivity index (χ2n) is 3.37. The molecule has 1 heterocycles. The number of rotatable bonds is 3. The van der Waals surface area contributed by atoms with Crippen molar-refractivity contribution in [1.29, 1.82) is 0 Å². The molecule has 2 aromatic rings. The Morgan fingerprint density at radius 1 is 1.19 bits per heavy atom. The van der Waals surface area contributed by atoms with Crippen molar-refractivity contribution in [2.45, 2.75) is 5.88 Å². The molecule has 0 bridgehead atoms. The highest BCUT2D eigenvalue weighted by molar-refractivity contribution is 6.17. The van der Waals surface area contributed by atoms with Gasteiger partial charge in [0.25, 0.3) is 0 Å². The molecular weight excluding hydrogens is 222 g/mol. The first-order valence-corrected chi connectivity index (χ1v) is 5.52. The number of hydrogen-bond acceptors (Lipinski definition) is 2. The topological polar surface area (TPSA) is 22.1 Å². The van der Waals surface area contributed by atoms with Crippen LogP contribution in [-0.4, -0.2) is 12.1 Å². The first-order valence-electron chi connectivity index (χ1n) is 4.99. The summed E-state index contributed by atoms with van der Waals surface area (Å²) < 4.78 is 5.25. The predicted molar refractivity (Wildman–Crippen MR) is 65.8 cm³/mol. The van der Waals surface area contributed by atoms with Crippen molar-refractivity contribution in [1.82, 2.24) is 4.98 Å². The fraction of sp³-hybridized carbons (Fsp3) is 0.154. The minimum atomic E-state index is 0.413. The molecule has 16 heavy (non-hydrogen) atoms. The lowest BCUT2D eigenvalue weighted by Gasteiger charge is -2.10. The third-order valence-corrected chi connectivity index (χ3v) is 2.72.